The lowest BCUT2D eigenvalue weighted by molar-refractivity contribution is 0.486. The first kappa shape index (κ1) is 8.48. The Morgan fingerprint density at radius 2 is 2.36 bits per heavy atom. The van der Waals surface area contributed by atoms with Crippen LogP contribution in [0.5, 0.6) is 0 Å². The van der Waals surface area contributed by atoms with Gasteiger partial charge < -0.3 is 0 Å². The monoisotopic (exact) mass is 210 g/mol. The molecule has 0 aromatic carbocycles. The lowest BCUT2D eigenvalue weighted by Crippen LogP contribution is -2.23. The Kier molecular flexibility index (Phi) is 1.71. The van der Waals surface area contributed by atoms with Crippen LogP contribution in [0, 0.1) is 5.92 Å². The second-order valence-corrected chi connectivity index (χ2v) is 4.58. The Morgan fingerprint density at radius 1 is 1.50 bits per heavy atom. The maximum absolute atomic E-state index is 11.5. The van der Waals surface area contributed by atoms with Crippen LogP contribution < -0.4 is 5.69 Å². The summed E-state index contributed by atoms with van der Waals surface area (Å²) in [7, 11) is 0. The van der Waals surface area contributed by atoms with Crippen molar-refractivity contribution in [3.8, 4) is 0 Å². The first-order valence-electron chi connectivity index (χ1n) is 5.03. The van der Waals surface area contributed by atoms with Crippen LogP contribution in [0.2, 0.25) is 5.15 Å². The van der Waals surface area contributed by atoms with Crippen molar-refractivity contribution in [2.45, 2.75) is 31.7 Å². The first-order chi connectivity index (χ1) is 6.75. The first-order valence-corrected chi connectivity index (χ1v) is 5.41. The molecule has 3 nitrogen and oxygen atoms in total. The van der Waals surface area contributed by atoms with Crippen molar-refractivity contribution in [2.75, 3.05) is 0 Å². The van der Waals surface area contributed by atoms with Crippen LogP contribution in [0.15, 0.2) is 10.9 Å². The minimum Gasteiger partial charge on any atom is -0.296 e. The molecule has 1 aromatic heterocycles. The molecule has 0 bridgehead atoms. The molecular weight excluding hydrogens is 200 g/mol. The Morgan fingerprint density at radius 3 is 3.21 bits per heavy atom. The van der Waals surface area contributed by atoms with Crippen molar-refractivity contribution >= 4 is 11.6 Å². The van der Waals surface area contributed by atoms with Gasteiger partial charge in [0, 0.05) is 18.2 Å². The number of rotatable bonds is 0. The van der Waals surface area contributed by atoms with Gasteiger partial charge in [0.2, 0.25) is 0 Å². The van der Waals surface area contributed by atoms with E-state index in [2.05, 4.69) is 4.98 Å². The van der Waals surface area contributed by atoms with Gasteiger partial charge in [-0.15, -0.1) is 0 Å². The number of hydrogen-bond acceptors (Lipinski definition) is 2. The van der Waals surface area contributed by atoms with E-state index in [9.17, 15) is 4.79 Å². The van der Waals surface area contributed by atoms with E-state index < -0.39 is 0 Å². The maximum Gasteiger partial charge on any atom is 0.349 e. The van der Waals surface area contributed by atoms with Crippen molar-refractivity contribution in [3.63, 3.8) is 0 Å². The molecule has 0 spiro atoms. The zero-order valence-electron chi connectivity index (χ0n) is 7.74. The molecule has 3 rings (SSSR count). The highest BCUT2D eigenvalue weighted by Gasteiger charge is 2.37. The highest BCUT2D eigenvalue weighted by atomic mass is 35.5. The van der Waals surface area contributed by atoms with E-state index in [-0.39, 0.29) is 5.69 Å². The molecule has 2 heterocycles. The summed E-state index contributed by atoms with van der Waals surface area (Å²) in [5, 5.41) is 0.341. The van der Waals surface area contributed by atoms with Crippen LogP contribution in [0.1, 0.15) is 30.9 Å². The van der Waals surface area contributed by atoms with Crippen molar-refractivity contribution in [2.24, 2.45) is 5.92 Å². The number of halogens is 1. The predicted octanol–water partition coefficient (Wildman–Crippen LogP) is 1.79. The molecule has 74 valence electrons. The van der Waals surface area contributed by atoms with Gasteiger partial charge in [0.05, 0.1) is 0 Å². The van der Waals surface area contributed by atoms with Gasteiger partial charge in [0.15, 0.2) is 0 Å². The van der Waals surface area contributed by atoms with E-state index in [4.69, 9.17) is 11.6 Å². The third kappa shape index (κ3) is 1.05. The third-order valence-corrected chi connectivity index (χ3v) is 3.66. The number of hydrogen-bond donors (Lipinski definition) is 0. The van der Waals surface area contributed by atoms with E-state index in [1.165, 1.54) is 19.3 Å². The summed E-state index contributed by atoms with van der Waals surface area (Å²) in [5.41, 5.74) is 0.930. The predicted molar refractivity (Wildman–Crippen MR) is 53.6 cm³/mol. The van der Waals surface area contributed by atoms with Gasteiger partial charge in [-0.05, 0) is 24.8 Å². The molecule has 0 radical (unpaired) electrons. The smallest absolute Gasteiger partial charge is 0.296 e. The molecule has 14 heavy (non-hydrogen) atoms. The minimum atomic E-state index is -0.179. The second-order valence-electron chi connectivity index (χ2n) is 4.19. The Balaban J connectivity index is 2.19. The Hall–Kier alpha value is -0.830. The Bertz CT molecular complexity index is 440. The largest absolute Gasteiger partial charge is 0.349 e. The molecule has 1 fully saturated rings. The molecule has 0 N–H and O–H groups in total. The molecule has 1 aliphatic heterocycles. The van der Waals surface area contributed by atoms with Gasteiger partial charge in [-0.1, -0.05) is 18.0 Å². The maximum atomic E-state index is 11.5. The van der Waals surface area contributed by atoms with Crippen LogP contribution in [0.4, 0.5) is 0 Å². The number of aromatic nitrogens is 2. The van der Waals surface area contributed by atoms with Gasteiger partial charge in [-0.2, -0.15) is 4.98 Å². The van der Waals surface area contributed by atoms with Crippen LogP contribution in [-0.4, -0.2) is 9.55 Å². The van der Waals surface area contributed by atoms with Crippen molar-refractivity contribution < 1.29 is 0 Å². The van der Waals surface area contributed by atoms with E-state index >= 15 is 0 Å². The van der Waals surface area contributed by atoms with Crippen molar-refractivity contribution in [3.05, 3.63) is 27.4 Å². The molecule has 1 aliphatic carbocycles. The second kappa shape index (κ2) is 2.83. The zero-order chi connectivity index (χ0) is 9.71. The molecule has 4 heteroatoms. The quantitative estimate of drug-likeness (QED) is 0.612. The molecule has 2 aliphatic rings. The summed E-state index contributed by atoms with van der Waals surface area (Å²) in [5.74, 6) is 1.21. The summed E-state index contributed by atoms with van der Waals surface area (Å²) in [6.07, 6.45) is 3.72. The fourth-order valence-electron chi connectivity index (χ4n) is 2.86. The lowest BCUT2D eigenvalue weighted by Gasteiger charge is -2.07. The topological polar surface area (TPSA) is 34.9 Å². The molecule has 2 atom stereocenters. The van der Waals surface area contributed by atoms with Crippen LogP contribution in [0.3, 0.4) is 0 Å². The van der Waals surface area contributed by atoms with E-state index in [1.807, 2.05) is 6.07 Å². The number of fused-ring (bicyclic) bond motifs is 3. The average molecular weight is 211 g/mol. The highest BCUT2D eigenvalue weighted by Crippen LogP contribution is 2.44. The standard InChI is InChI=1S/C10H11ClN2O/c11-9-4-8-7-3-1-2-6(7)5-13(8)10(14)12-9/h4,6-7H,1-3,5H2. The zero-order valence-corrected chi connectivity index (χ0v) is 8.50. The van der Waals surface area contributed by atoms with Crippen molar-refractivity contribution in [1.82, 2.24) is 9.55 Å². The molecular formula is C10H11ClN2O. The van der Waals surface area contributed by atoms with E-state index in [0.717, 1.165) is 12.2 Å². The van der Waals surface area contributed by atoms with Gasteiger partial charge in [0.1, 0.15) is 5.15 Å². The number of nitrogens with zero attached hydrogens (tertiary/aromatic N) is 2. The normalized spacial score (nSPS) is 28.9. The van der Waals surface area contributed by atoms with Crippen LogP contribution >= 0.6 is 11.6 Å². The fraction of sp³-hybridized carbons (Fsp3) is 0.600. The van der Waals surface area contributed by atoms with Crippen LogP contribution in [-0.2, 0) is 6.54 Å². The molecule has 1 aromatic rings. The van der Waals surface area contributed by atoms with Gasteiger partial charge in [-0.3, -0.25) is 4.57 Å². The van der Waals surface area contributed by atoms with Gasteiger partial charge in [0.25, 0.3) is 0 Å². The summed E-state index contributed by atoms with van der Waals surface area (Å²) < 4.78 is 1.79. The summed E-state index contributed by atoms with van der Waals surface area (Å²) in [4.78, 5) is 15.3. The summed E-state index contributed by atoms with van der Waals surface area (Å²) >= 11 is 5.79. The lowest BCUT2D eigenvalue weighted by atomic mass is 9.97. The van der Waals surface area contributed by atoms with Gasteiger partial charge >= 0.3 is 5.69 Å². The molecule has 2 unspecified atom stereocenters. The molecule has 0 saturated heterocycles. The van der Waals surface area contributed by atoms with Gasteiger partial charge in [-0.25, -0.2) is 4.79 Å². The molecule has 0 amide bonds. The molecule has 1 saturated carbocycles. The Labute approximate surface area is 86.7 Å². The van der Waals surface area contributed by atoms with Crippen LogP contribution in [0.25, 0.3) is 0 Å². The highest BCUT2D eigenvalue weighted by molar-refractivity contribution is 6.29. The van der Waals surface area contributed by atoms with E-state index in [0.29, 0.717) is 17.0 Å². The van der Waals surface area contributed by atoms with E-state index in [1.54, 1.807) is 4.57 Å². The fourth-order valence-corrected chi connectivity index (χ4v) is 3.05. The summed E-state index contributed by atoms with van der Waals surface area (Å²) in [6.45, 7) is 0.850. The SMILES string of the molecule is O=c1nc(Cl)cc2n1CC1CCCC21. The summed E-state index contributed by atoms with van der Waals surface area (Å²) in [6, 6.07) is 1.86. The van der Waals surface area contributed by atoms with Crippen molar-refractivity contribution in [1.29, 1.82) is 0 Å². The average Bonchev–Trinajstić information content (AvgIpc) is 2.65. The third-order valence-electron chi connectivity index (χ3n) is 3.47. The minimum absolute atomic E-state index is 0.179.